The summed E-state index contributed by atoms with van der Waals surface area (Å²) in [6.45, 7) is 0.895. The van der Waals surface area contributed by atoms with Gasteiger partial charge in [0.2, 0.25) is 0 Å². The summed E-state index contributed by atoms with van der Waals surface area (Å²) in [4.78, 5) is 6.37. The summed E-state index contributed by atoms with van der Waals surface area (Å²) in [5.74, 6) is 1.14. The average molecular weight is 249 g/mol. The molecule has 1 aliphatic heterocycles. The third kappa shape index (κ3) is 1.46. The van der Waals surface area contributed by atoms with E-state index in [2.05, 4.69) is 9.88 Å². The Morgan fingerprint density at radius 3 is 3.18 bits per heavy atom. The van der Waals surface area contributed by atoms with Crippen LogP contribution in [0, 0.1) is 0 Å². The Balaban J connectivity index is 2.38. The molecule has 3 rings (SSSR count). The number of alkyl halides is 1. The fraction of sp³-hybridized carbons (Fsp3) is 0.308. The molecule has 0 bridgehead atoms. The van der Waals surface area contributed by atoms with Crippen molar-refractivity contribution in [2.75, 3.05) is 24.4 Å². The molecule has 1 aromatic carbocycles. The molecule has 2 heterocycles. The summed E-state index contributed by atoms with van der Waals surface area (Å²) in [6.07, 6.45) is 1.70. The van der Waals surface area contributed by atoms with Crippen LogP contribution in [0.4, 0.5) is 5.69 Å². The van der Waals surface area contributed by atoms with Crippen molar-refractivity contribution < 1.29 is 5.11 Å². The van der Waals surface area contributed by atoms with Gasteiger partial charge in [0, 0.05) is 48.7 Å². The number of aromatic nitrogens is 1. The molecule has 17 heavy (non-hydrogen) atoms. The fourth-order valence-electron chi connectivity index (χ4n) is 2.63. The van der Waals surface area contributed by atoms with E-state index in [1.54, 1.807) is 12.3 Å². The lowest BCUT2D eigenvalue weighted by atomic mass is 9.98. The van der Waals surface area contributed by atoms with Gasteiger partial charge >= 0.3 is 0 Å². The minimum Gasteiger partial charge on any atom is -0.506 e. The Kier molecular flexibility index (Phi) is 2.37. The van der Waals surface area contributed by atoms with Crippen LogP contribution in [-0.2, 0) is 0 Å². The second-order valence-electron chi connectivity index (χ2n) is 4.46. The summed E-state index contributed by atoms with van der Waals surface area (Å²) in [7, 11) is 2.02. The molecule has 1 N–H and O–H groups in total. The predicted octanol–water partition coefficient (Wildman–Crippen LogP) is 2.71. The van der Waals surface area contributed by atoms with Gasteiger partial charge in [0.25, 0.3) is 0 Å². The largest absolute Gasteiger partial charge is 0.506 e. The highest BCUT2D eigenvalue weighted by atomic mass is 35.5. The zero-order valence-corrected chi connectivity index (χ0v) is 10.3. The number of phenolic OH excluding ortho intramolecular Hbond substituents is 1. The Bertz CT molecular complexity index is 585. The van der Waals surface area contributed by atoms with E-state index in [4.69, 9.17) is 11.6 Å². The molecule has 1 aliphatic rings. The quantitative estimate of drug-likeness (QED) is 0.789. The third-order valence-corrected chi connectivity index (χ3v) is 3.76. The highest BCUT2D eigenvalue weighted by Gasteiger charge is 2.29. The van der Waals surface area contributed by atoms with E-state index in [0.717, 1.165) is 17.6 Å². The molecule has 0 spiro atoms. The number of rotatable bonds is 1. The van der Waals surface area contributed by atoms with E-state index in [1.165, 1.54) is 5.56 Å². The number of pyridine rings is 1. The van der Waals surface area contributed by atoms with Crippen LogP contribution in [0.15, 0.2) is 24.4 Å². The van der Waals surface area contributed by atoms with Crippen molar-refractivity contribution in [2.45, 2.75) is 5.92 Å². The summed E-state index contributed by atoms with van der Waals surface area (Å²) in [5, 5.41) is 11.0. The number of phenols is 1. The lowest BCUT2D eigenvalue weighted by Gasteiger charge is -2.13. The first-order valence-corrected chi connectivity index (χ1v) is 6.13. The first-order valence-electron chi connectivity index (χ1n) is 5.60. The van der Waals surface area contributed by atoms with E-state index >= 15 is 0 Å². The molecular weight excluding hydrogens is 236 g/mol. The Hall–Kier alpha value is -1.48. The number of hydrogen-bond acceptors (Lipinski definition) is 3. The maximum atomic E-state index is 9.99. The first kappa shape index (κ1) is 10.7. The van der Waals surface area contributed by atoms with Gasteiger partial charge < -0.3 is 10.0 Å². The van der Waals surface area contributed by atoms with Crippen LogP contribution in [0.1, 0.15) is 11.5 Å². The van der Waals surface area contributed by atoms with Gasteiger partial charge in [0.05, 0.1) is 0 Å². The van der Waals surface area contributed by atoms with Gasteiger partial charge in [-0.3, -0.25) is 4.98 Å². The molecule has 4 heteroatoms. The van der Waals surface area contributed by atoms with Gasteiger partial charge in [0.15, 0.2) is 0 Å². The van der Waals surface area contributed by atoms with Gasteiger partial charge in [0.1, 0.15) is 11.3 Å². The van der Waals surface area contributed by atoms with Crippen molar-refractivity contribution >= 4 is 28.2 Å². The maximum absolute atomic E-state index is 9.99. The molecule has 88 valence electrons. The Morgan fingerprint density at radius 1 is 1.59 bits per heavy atom. The highest BCUT2D eigenvalue weighted by Crippen LogP contribution is 2.43. The molecule has 1 atom stereocenters. The number of aromatic hydroxyl groups is 1. The first-order chi connectivity index (χ1) is 8.22. The minimum atomic E-state index is 0.237. The number of likely N-dealkylation sites (N-methyl/N-ethyl adjacent to an activating group) is 1. The fourth-order valence-corrected chi connectivity index (χ4v) is 2.88. The minimum absolute atomic E-state index is 0.237. The maximum Gasteiger partial charge on any atom is 0.143 e. The Labute approximate surface area is 105 Å². The van der Waals surface area contributed by atoms with Crippen molar-refractivity contribution in [3.8, 4) is 5.75 Å². The summed E-state index contributed by atoms with van der Waals surface area (Å²) < 4.78 is 0. The Morgan fingerprint density at radius 2 is 2.41 bits per heavy atom. The molecular formula is C13H13ClN2O. The number of nitrogens with zero attached hydrogens (tertiary/aromatic N) is 2. The van der Waals surface area contributed by atoms with Crippen molar-refractivity contribution in [1.82, 2.24) is 4.98 Å². The monoisotopic (exact) mass is 248 g/mol. The van der Waals surface area contributed by atoms with Crippen molar-refractivity contribution in [1.29, 1.82) is 0 Å². The van der Waals surface area contributed by atoms with Crippen molar-refractivity contribution in [3.05, 3.63) is 30.0 Å². The van der Waals surface area contributed by atoms with Gasteiger partial charge in [-0.2, -0.15) is 0 Å². The van der Waals surface area contributed by atoms with Gasteiger partial charge in [-0.1, -0.05) is 6.07 Å². The van der Waals surface area contributed by atoms with Crippen LogP contribution in [-0.4, -0.2) is 29.6 Å². The smallest absolute Gasteiger partial charge is 0.143 e. The van der Waals surface area contributed by atoms with E-state index in [-0.39, 0.29) is 5.75 Å². The average Bonchev–Trinajstić information content (AvgIpc) is 2.67. The highest BCUT2D eigenvalue weighted by molar-refractivity contribution is 6.18. The molecule has 0 fully saturated rings. The lowest BCUT2D eigenvalue weighted by Crippen LogP contribution is -2.15. The molecule has 0 amide bonds. The van der Waals surface area contributed by atoms with Crippen LogP contribution in [0.5, 0.6) is 5.75 Å². The summed E-state index contributed by atoms with van der Waals surface area (Å²) in [6, 6.07) is 5.68. The number of anilines is 1. The van der Waals surface area contributed by atoms with Crippen LogP contribution in [0.3, 0.4) is 0 Å². The number of hydrogen-bond donors (Lipinski definition) is 1. The van der Waals surface area contributed by atoms with Crippen LogP contribution >= 0.6 is 11.6 Å². The molecule has 2 aromatic rings. The van der Waals surface area contributed by atoms with E-state index in [0.29, 0.717) is 17.3 Å². The molecule has 0 radical (unpaired) electrons. The van der Waals surface area contributed by atoms with Crippen molar-refractivity contribution in [3.63, 3.8) is 0 Å². The van der Waals surface area contributed by atoms with Gasteiger partial charge in [-0.25, -0.2) is 0 Å². The predicted molar refractivity (Wildman–Crippen MR) is 70.1 cm³/mol. The van der Waals surface area contributed by atoms with Crippen molar-refractivity contribution in [2.24, 2.45) is 0 Å². The van der Waals surface area contributed by atoms with Crippen LogP contribution in [0.2, 0.25) is 0 Å². The molecule has 0 aliphatic carbocycles. The summed E-state index contributed by atoms with van der Waals surface area (Å²) in [5.41, 5.74) is 2.94. The second kappa shape index (κ2) is 3.77. The number of benzene rings is 1. The molecule has 3 nitrogen and oxygen atoms in total. The van der Waals surface area contributed by atoms with Gasteiger partial charge in [-0.05, 0) is 11.6 Å². The molecule has 0 saturated heterocycles. The normalized spacial score (nSPS) is 18.7. The van der Waals surface area contributed by atoms with Crippen LogP contribution < -0.4 is 4.90 Å². The van der Waals surface area contributed by atoms with E-state index in [1.807, 2.05) is 19.2 Å². The topological polar surface area (TPSA) is 36.4 Å². The van der Waals surface area contributed by atoms with E-state index < -0.39 is 0 Å². The van der Waals surface area contributed by atoms with E-state index in [9.17, 15) is 5.11 Å². The summed E-state index contributed by atoms with van der Waals surface area (Å²) >= 11 is 6.03. The van der Waals surface area contributed by atoms with Gasteiger partial charge in [-0.15, -0.1) is 11.6 Å². The zero-order valence-electron chi connectivity index (χ0n) is 9.52. The number of halogens is 1. The standard InChI is InChI=1S/C13H13ClN2O/c1-16-7-8(6-14)12-9-3-2-4-15-13(9)11(17)5-10(12)16/h2-5,8,17H,6-7H2,1H3. The third-order valence-electron chi connectivity index (χ3n) is 3.39. The lowest BCUT2D eigenvalue weighted by molar-refractivity contribution is 0.480. The zero-order chi connectivity index (χ0) is 12.0. The SMILES string of the molecule is CN1CC(CCl)c2c1cc(O)c1ncccc21. The number of fused-ring (bicyclic) bond motifs is 3. The molecule has 0 saturated carbocycles. The van der Waals surface area contributed by atoms with Crippen LogP contribution in [0.25, 0.3) is 10.9 Å². The molecule has 1 unspecified atom stereocenters. The molecule has 1 aromatic heterocycles. The second-order valence-corrected chi connectivity index (χ2v) is 4.77.